The van der Waals surface area contributed by atoms with Crippen LogP contribution in [0.5, 0.6) is 0 Å². The van der Waals surface area contributed by atoms with Gasteiger partial charge in [0.05, 0.1) is 6.04 Å². The lowest BCUT2D eigenvalue weighted by molar-refractivity contribution is 0.120. The molecule has 3 heterocycles. The average Bonchev–Trinajstić information content (AvgIpc) is 3.14. The summed E-state index contributed by atoms with van der Waals surface area (Å²) in [6, 6.07) is 8.19. The minimum absolute atomic E-state index is 0.240. The molecule has 0 radical (unpaired) electrons. The molecule has 4 rings (SSSR count). The normalized spacial score (nSPS) is 19.7. The fraction of sp³-hybridized carbons (Fsp3) is 0.375. The van der Waals surface area contributed by atoms with E-state index in [1.807, 2.05) is 30.5 Å². The van der Waals surface area contributed by atoms with E-state index in [1.54, 1.807) is 11.3 Å². The highest BCUT2D eigenvalue weighted by molar-refractivity contribution is 7.15. The smallest absolute Gasteiger partial charge is 0.212 e. The molecule has 1 fully saturated rings. The third-order valence-electron chi connectivity index (χ3n) is 4.14. The van der Waals surface area contributed by atoms with Crippen molar-refractivity contribution in [3.05, 3.63) is 41.2 Å². The lowest BCUT2D eigenvalue weighted by Gasteiger charge is -2.33. The van der Waals surface area contributed by atoms with Crippen molar-refractivity contribution in [3.8, 4) is 0 Å². The first kappa shape index (κ1) is 13.7. The Morgan fingerprint density at radius 1 is 1.32 bits per heavy atom. The minimum Gasteiger partial charge on any atom is -0.439 e. The SMILES string of the molecule is Nc1ncc(CN2CCCCC2c2nc3ccccc3o2)s1. The van der Waals surface area contributed by atoms with Crippen LogP contribution in [0.25, 0.3) is 11.1 Å². The molecule has 3 aromatic rings. The van der Waals surface area contributed by atoms with Crippen LogP contribution in [0.4, 0.5) is 5.13 Å². The molecule has 1 aromatic carbocycles. The first-order chi connectivity index (χ1) is 10.8. The molecule has 0 aliphatic carbocycles. The molecule has 5 nitrogen and oxygen atoms in total. The second kappa shape index (κ2) is 5.70. The van der Waals surface area contributed by atoms with Crippen LogP contribution in [0.1, 0.15) is 36.1 Å². The molecule has 22 heavy (non-hydrogen) atoms. The second-order valence-corrected chi connectivity index (χ2v) is 6.81. The zero-order chi connectivity index (χ0) is 14.9. The molecule has 0 bridgehead atoms. The van der Waals surface area contributed by atoms with Crippen molar-refractivity contribution in [2.24, 2.45) is 0 Å². The molecule has 1 atom stereocenters. The fourth-order valence-corrected chi connectivity index (χ4v) is 3.80. The molecular formula is C16H18N4OS. The van der Waals surface area contributed by atoms with Crippen molar-refractivity contribution in [1.29, 1.82) is 0 Å². The maximum absolute atomic E-state index is 5.99. The predicted octanol–water partition coefficient (Wildman–Crippen LogP) is 3.59. The number of nitrogens with zero attached hydrogens (tertiary/aromatic N) is 3. The van der Waals surface area contributed by atoms with Gasteiger partial charge >= 0.3 is 0 Å². The van der Waals surface area contributed by atoms with Crippen LogP contribution < -0.4 is 5.73 Å². The second-order valence-electron chi connectivity index (χ2n) is 5.67. The topological polar surface area (TPSA) is 68.2 Å². The van der Waals surface area contributed by atoms with Gasteiger partial charge in [-0.1, -0.05) is 18.6 Å². The maximum atomic E-state index is 5.99. The molecule has 1 aliphatic rings. The number of oxazole rings is 1. The van der Waals surface area contributed by atoms with Crippen molar-refractivity contribution in [3.63, 3.8) is 0 Å². The number of benzene rings is 1. The third kappa shape index (κ3) is 2.60. The molecule has 1 unspecified atom stereocenters. The summed E-state index contributed by atoms with van der Waals surface area (Å²) in [7, 11) is 0. The number of aromatic nitrogens is 2. The zero-order valence-electron chi connectivity index (χ0n) is 12.2. The van der Waals surface area contributed by atoms with E-state index in [1.165, 1.54) is 17.7 Å². The molecule has 2 aromatic heterocycles. The first-order valence-corrected chi connectivity index (χ1v) is 8.41. The Morgan fingerprint density at radius 2 is 2.23 bits per heavy atom. The highest BCUT2D eigenvalue weighted by atomic mass is 32.1. The number of piperidine rings is 1. The monoisotopic (exact) mass is 314 g/mol. The molecule has 0 saturated carbocycles. The number of para-hydroxylation sites is 2. The van der Waals surface area contributed by atoms with Gasteiger partial charge in [-0.3, -0.25) is 4.90 Å². The van der Waals surface area contributed by atoms with Crippen molar-refractivity contribution >= 4 is 27.6 Å². The van der Waals surface area contributed by atoms with E-state index in [-0.39, 0.29) is 6.04 Å². The summed E-state index contributed by atoms with van der Waals surface area (Å²) in [6.07, 6.45) is 5.38. The Morgan fingerprint density at radius 3 is 3.05 bits per heavy atom. The van der Waals surface area contributed by atoms with Gasteiger partial charge in [0.2, 0.25) is 5.89 Å². The lowest BCUT2D eigenvalue weighted by Crippen LogP contribution is -2.32. The van der Waals surface area contributed by atoms with E-state index in [4.69, 9.17) is 10.2 Å². The molecular weight excluding hydrogens is 296 g/mol. The minimum atomic E-state index is 0.240. The standard InChI is InChI=1S/C16H18N4OS/c17-16-18-9-11(22-16)10-20-8-4-3-6-13(20)15-19-12-5-1-2-7-14(12)21-15/h1-2,5,7,9,13H,3-4,6,8,10H2,(H2,17,18). The van der Waals surface area contributed by atoms with Gasteiger partial charge in [-0.2, -0.15) is 0 Å². The summed E-state index contributed by atoms with van der Waals surface area (Å²) in [4.78, 5) is 12.5. The van der Waals surface area contributed by atoms with Gasteiger partial charge < -0.3 is 10.2 Å². The van der Waals surface area contributed by atoms with Gasteiger partial charge in [0.25, 0.3) is 0 Å². The highest BCUT2D eigenvalue weighted by Gasteiger charge is 2.28. The van der Waals surface area contributed by atoms with Crippen molar-refractivity contribution in [2.45, 2.75) is 31.8 Å². The zero-order valence-corrected chi connectivity index (χ0v) is 13.1. The van der Waals surface area contributed by atoms with Crippen LogP contribution in [-0.4, -0.2) is 21.4 Å². The van der Waals surface area contributed by atoms with Crippen molar-refractivity contribution in [2.75, 3.05) is 12.3 Å². The van der Waals surface area contributed by atoms with E-state index in [9.17, 15) is 0 Å². The molecule has 2 N–H and O–H groups in total. The van der Waals surface area contributed by atoms with Crippen molar-refractivity contribution < 1.29 is 4.42 Å². The number of thiazole rings is 1. The van der Waals surface area contributed by atoms with E-state index in [0.717, 1.165) is 36.5 Å². The largest absolute Gasteiger partial charge is 0.439 e. The van der Waals surface area contributed by atoms with Gasteiger partial charge in [0, 0.05) is 17.6 Å². The number of nitrogen functional groups attached to an aromatic ring is 1. The molecule has 114 valence electrons. The Balaban J connectivity index is 1.62. The Kier molecular flexibility index (Phi) is 3.56. The molecule has 6 heteroatoms. The van der Waals surface area contributed by atoms with Crippen LogP contribution in [-0.2, 0) is 6.54 Å². The number of fused-ring (bicyclic) bond motifs is 1. The van der Waals surface area contributed by atoms with Crippen LogP contribution >= 0.6 is 11.3 Å². The molecule has 0 spiro atoms. The number of nitrogens with two attached hydrogens (primary N) is 1. The average molecular weight is 314 g/mol. The number of hydrogen-bond donors (Lipinski definition) is 1. The van der Waals surface area contributed by atoms with Crippen LogP contribution in [0.3, 0.4) is 0 Å². The molecule has 0 amide bonds. The van der Waals surface area contributed by atoms with Crippen LogP contribution in [0, 0.1) is 0 Å². The van der Waals surface area contributed by atoms with Gasteiger partial charge in [-0.15, -0.1) is 11.3 Å². The quantitative estimate of drug-likeness (QED) is 0.800. The number of rotatable bonds is 3. The fourth-order valence-electron chi connectivity index (χ4n) is 3.09. The Hall–Kier alpha value is -1.92. The van der Waals surface area contributed by atoms with Gasteiger partial charge in [-0.25, -0.2) is 9.97 Å². The number of hydrogen-bond acceptors (Lipinski definition) is 6. The molecule has 1 saturated heterocycles. The summed E-state index contributed by atoms with van der Waals surface area (Å²) in [5.41, 5.74) is 7.54. The highest BCUT2D eigenvalue weighted by Crippen LogP contribution is 2.34. The van der Waals surface area contributed by atoms with Crippen molar-refractivity contribution in [1.82, 2.24) is 14.9 Å². The summed E-state index contributed by atoms with van der Waals surface area (Å²) in [6.45, 7) is 1.92. The van der Waals surface area contributed by atoms with Gasteiger partial charge in [0.15, 0.2) is 10.7 Å². The van der Waals surface area contributed by atoms with E-state index in [0.29, 0.717) is 5.13 Å². The molecule has 1 aliphatic heterocycles. The van der Waals surface area contributed by atoms with E-state index < -0.39 is 0 Å². The lowest BCUT2D eigenvalue weighted by atomic mass is 10.0. The summed E-state index contributed by atoms with van der Waals surface area (Å²) in [5, 5.41) is 0.630. The number of anilines is 1. The Bertz CT molecular complexity index is 748. The Labute approximate surface area is 132 Å². The summed E-state index contributed by atoms with van der Waals surface area (Å²) in [5.74, 6) is 0.832. The predicted molar refractivity (Wildman–Crippen MR) is 87.5 cm³/mol. The van der Waals surface area contributed by atoms with E-state index in [2.05, 4.69) is 14.9 Å². The van der Waals surface area contributed by atoms with Crippen LogP contribution in [0.15, 0.2) is 34.9 Å². The maximum Gasteiger partial charge on any atom is 0.212 e. The summed E-state index contributed by atoms with van der Waals surface area (Å²) >= 11 is 1.56. The first-order valence-electron chi connectivity index (χ1n) is 7.59. The van der Waals surface area contributed by atoms with Gasteiger partial charge in [-0.05, 0) is 31.5 Å². The summed E-state index contributed by atoms with van der Waals surface area (Å²) < 4.78 is 5.99. The number of likely N-dealkylation sites (tertiary alicyclic amines) is 1. The van der Waals surface area contributed by atoms with E-state index >= 15 is 0 Å². The van der Waals surface area contributed by atoms with Gasteiger partial charge in [0.1, 0.15) is 5.52 Å². The van der Waals surface area contributed by atoms with Crippen LogP contribution in [0.2, 0.25) is 0 Å². The third-order valence-corrected chi connectivity index (χ3v) is 4.95.